The van der Waals surface area contributed by atoms with E-state index in [9.17, 15) is 4.79 Å². The second-order valence-electron chi connectivity index (χ2n) is 6.52. The molecule has 0 fully saturated rings. The minimum atomic E-state index is -0.419. The summed E-state index contributed by atoms with van der Waals surface area (Å²) in [6.45, 7) is 1.99. The Labute approximate surface area is 167 Å². The predicted octanol–water partition coefficient (Wildman–Crippen LogP) is 4.82. The van der Waals surface area contributed by atoms with E-state index in [1.54, 1.807) is 11.3 Å². The van der Waals surface area contributed by atoms with Crippen molar-refractivity contribution in [2.45, 2.75) is 19.4 Å². The number of thiophene rings is 1. The van der Waals surface area contributed by atoms with E-state index in [0.29, 0.717) is 23.7 Å². The van der Waals surface area contributed by atoms with E-state index in [1.165, 1.54) is 0 Å². The van der Waals surface area contributed by atoms with Gasteiger partial charge in [-0.25, -0.2) is 0 Å². The van der Waals surface area contributed by atoms with Gasteiger partial charge in [0.15, 0.2) is 0 Å². The fraction of sp³-hybridized carbons (Fsp3) is 0.136. The maximum absolute atomic E-state index is 12.8. The van der Waals surface area contributed by atoms with Gasteiger partial charge < -0.3 is 9.84 Å². The highest BCUT2D eigenvalue weighted by Gasteiger charge is 2.23. The average molecular weight is 389 g/mol. The lowest BCUT2D eigenvalue weighted by atomic mass is 10.0. The summed E-state index contributed by atoms with van der Waals surface area (Å²) in [5.74, 6) is 0.761. The lowest BCUT2D eigenvalue weighted by Crippen LogP contribution is -2.30. The van der Waals surface area contributed by atoms with Crippen LogP contribution in [0.5, 0.6) is 0 Å². The van der Waals surface area contributed by atoms with E-state index < -0.39 is 6.04 Å². The zero-order valence-electron chi connectivity index (χ0n) is 15.3. The summed E-state index contributed by atoms with van der Waals surface area (Å²) in [4.78, 5) is 18.2. The molecule has 0 spiro atoms. The minimum Gasteiger partial charge on any atom is -0.340 e. The SMILES string of the molecule is Cc1ccc(C(=O)NC(Cc2ccccc2)c2nc(-c3cccs3)no2)cc1. The Hall–Kier alpha value is -3.25. The van der Waals surface area contributed by atoms with Crippen molar-refractivity contribution >= 4 is 17.2 Å². The predicted molar refractivity (Wildman–Crippen MR) is 109 cm³/mol. The van der Waals surface area contributed by atoms with Gasteiger partial charge in [-0.15, -0.1) is 11.3 Å². The highest BCUT2D eigenvalue weighted by molar-refractivity contribution is 7.13. The standard InChI is InChI=1S/C22H19N3O2S/c1-15-9-11-17(12-10-15)21(26)23-18(14-16-6-3-2-4-7-16)22-24-20(25-27-22)19-8-5-13-28-19/h2-13,18H,14H2,1H3,(H,23,26). The van der Waals surface area contributed by atoms with Crippen molar-refractivity contribution < 1.29 is 9.32 Å². The van der Waals surface area contributed by atoms with Gasteiger partial charge in [0, 0.05) is 12.0 Å². The summed E-state index contributed by atoms with van der Waals surface area (Å²) < 4.78 is 5.51. The van der Waals surface area contributed by atoms with Crippen LogP contribution in [0.25, 0.3) is 10.7 Å². The molecule has 4 aromatic rings. The van der Waals surface area contributed by atoms with E-state index in [0.717, 1.165) is 16.0 Å². The molecular formula is C22H19N3O2S. The lowest BCUT2D eigenvalue weighted by Gasteiger charge is -2.15. The Morgan fingerprint density at radius 3 is 2.57 bits per heavy atom. The van der Waals surface area contributed by atoms with Crippen molar-refractivity contribution in [1.82, 2.24) is 15.5 Å². The van der Waals surface area contributed by atoms with Gasteiger partial charge in [0.1, 0.15) is 6.04 Å². The number of nitrogens with zero attached hydrogens (tertiary/aromatic N) is 2. The van der Waals surface area contributed by atoms with Gasteiger partial charge in [-0.1, -0.05) is 59.3 Å². The van der Waals surface area contributed by atoms with Crippen LogP contribution >= 0.6 is 11.3 Å². The molecule has 0 aliphatic rings. The van der Waals surface area contributed by atoms with Crippen LogP contribution in [-0.2, 0) is 6.42 Å². The third-order valence-corrected chi connectivity index (χ3v) is 5.25. The van der Waals surface area contributed by atoms with E-state index in [4.69, 9.17) is 4.52 Å². The normalized spacial score (nSPS) is 11.9. The summed E-state index contributed by atoms with van der Waals surface area (Å²) in [7, 11) is 0. The first-order valence-electron chi connectivity index (χ1n) is 8.98. The van der Waals surface area contributed by atoms with Crippen LogP contribution in [0.2, 0.25) is 0 Å². The fourth-order valence-electron chi connectivity index (χ4n) is 2.88. The molecule has 2 aromatic carbocycles. The zero-order valence-corrected chi connectivity index (χ0v) is 16.1. The number of rotatable bonds is 6. The molecule has 6 heteroatoms. The van der Waals surface area contributed by atoms with Crippen LogP contribution < -0.4 is 5.32 Å². The summed E-state index contributed by atoms with van der Waals surface area (Å²) in [6.07, 6.45) is 0.560. The highest BCUT2D eigenvalue weighted by atomic mass is 32.1. The van der Waals surface area contributed by atoms with Crippen molar-refractivity contribution in [3.63, 3.8) is 0 Å². The molecule has 1 amide bonds. The van der Waals surface area contributed by atoms with Gasteiger partial charge in [0.2, 0.25) is 11.7 Å². The van der Waals surface area contributed by atoms with Gasteiger partial charge in [-0.2, -0.15) is 4.98 Å². The molecule has 5 nitrogen and oxygen atoms in total. The third kappa shape index (κ3) is 4.18. The van der Waals surface area contributed by atoms with Crippen molar-refractivity contribution in [3.8, 4) is 10.7 Å². The molecule has 2 aromatic heterocycles. The first-order chi connectivity index (χ1) is 13.7. The average Bonchev–Trinajstić information content (AvgIpc) is 3.40. The van der Waals surface area contributed by atoms with E-state index in [1.807, 2.05) is 79.0 Å². The molecule has 0 bridgehead atoms. The zero-order chi connectivity index (χ0) is 19.3. The van der Waals surface area contributed by atoms with Crippen LogP contribution in [0, 0.1) is 6.92 Å². The number of hydrogen-bond donors (Lipinski definition) is 1. The van der Waals surface area contributed by atoms with Crippen LogP contribution in [0.15, 0.2) is 76.6 Å². The number of carbonyl (C=O) groups is 1. The quantitative estimate of drug-likeness (QED) is 0.513. The van der Waals surface area contributed by atoms with E-state index >= 15 is 0 Å². The number of carbonyl (C=O) groups excluding carboxylic acids is 1. The molecule has 0 aliphatic carbocycles. The van der Waals surface area contributed by atoms with Crippen LogP contribution in [0.3, 0.4) is 0 Å². The van der Waals surface area contributed by atoms with Crippen LogP contribution in [-0.4, -0.2) is 16.0 Å². The summed E-state index contributed by atoms with van der Waals surface area (Å²) in [5, 5.41) is 9.09. The highest BCUT2D eigenvalue weighted by Crippen LogP contribution is 2.25. The minimum absolute atomic E-state index is 0.170. The van der Waals surface area contributed by atoms with Gasteiger partial charge in [0.25, 0.3) is 5.91 Å². The number of aryl methyl sites for hydroxylation is 1. The lowest BCUT2D eigenvalue weighted by molar-refractivity contribution is 0.0928. The summed E-state index contributed by atoms with van der Waals surface area (Å²) in [6, 6.07) is 20.9. The summed E-state index contributed by atoms with van der Waals surface area (Å²) in [5.41, 5.74) is 2.78. The Morgan fingerprint density at radius 2 is 1.86 bits per heavy atom. The molecule has 0 saturated carbocycles. The fourth-order valence-corrected chi connectivity index (χ4v) is 3.53. The largest absolute Gasteiger partial charge is 0.340 e. The number of benzene rings is 2. The Bertz CT molecular complexity index is 1040. The number of amides is 1. The van der Waals surface area contributed by atoms with Crippen molar-refractivity contribution in [3.05, 3.63) is 94.7 Å². The van der Waals surface area contributed by atoms with Crippen molar-refractivity contribution in [2.75, 3.05) is 0 Å². The maximum Gasteiger partial charge on any atom is 0.251 e. The molecule has 0 radical (unpaired) electrons. The molecule has 0 saturated heterocycles. The second kappa shape index (κ2) is 8.19. The van der Waals surface area contributed by atoms with Crippen molar-refractivity contribution in [1.29, 1.82) is 0 Å². The molecule has 140 valence electrons. The van der Waals surface area contributed by atoms with Crippen LogP contribution in [0.1, 0.15) is 33.4 Å². The Balaban J connectivity index is 1.60. The van der Waals surface area contributed by atoms with E-state index in [2.05, 4.69) is 15.5 Å². The molecule has 0 aliphatic heterocycles. The molecular weight excluding hydrogens is 370 g/mol. The smallest absolute Gasteiger partial charge is 0.251 e. The third-order valence-electron chi connectivity index (χ3n) is 4.38. The first kappa shape index (κ1) is 18.1. The topological polar surface area (TPSA) is 68.0 Å². The summed E-state index contributed by atoms with van der Waals surface area (Å²) >= 11 is 1.54. The molecule has 1 unspecified atom stereocenters. The van der Waals surface area contributed by atoms with Gasteiger partial charge >= 0.3 is 0 Å². The van der Waals surface area contributed by atoms with Crippen LogP contribution in [0.4, 0.5) is 0 Å². The number of aromatic nitrogens is 2. The van der Waals surface area contributed by atoms with Gasteiger partial charge in [-0.05, 0) is 36.1 Å². The molecule has 1 atom stereocenters. The Morgan fingerprint density at radius 1 is 1.07 bits per heavy atom. The second-order valence-corrected chi connectivity index (χ2v) is 7.46. The van der Waals surface area contributed by atoms with Crippen molar-refractivity contribution in [2.24, 2.45) is 0 Å². The molecule has 2 heterocycles. The first-order valence-corrected chi connectivity index (χ1v) is 9.86. The molecule has 28 heavy (non-hydrogen) atoms. The monoisotopic (exact) mass is 389 g/mol. The maximum atomic E-state index is 12.8. The number of nitrogens with one attached hydrogen (secondary N) is 1. The van der Waals surface area contributed by atoms with Gasteiger partial charge in [0.05, 0.1) is 4.88 Å². The Kier molecular flexibility index (Phi) is 5.30. The molecule has 1 N–H and O–H groups in total. The molecule has 4 rings (SSSR count). The van der Waals surface area contributed by atoms with E-state index in [-0.39, 0.29) is 5.91 Å². The van der Waals surface area contributed by atoms with Gasteiger partial charge in [-0.3, -0.25) is 4.79 Å². The number of hydrogen-bond acceptors (Lipinski definition) is 5.